The molecule has 0 fully saturated rings. The van der Waals surface area contributed by atoms with E-state index in [1.54, 1.807) is 0 Å². The first kappa shape index (κ1) is 45.3. The molecule has 0 aromatic rings. The lowest BCUT2D eigenvalue weighted by Crippen LogP contribution is -2.43. The van der Waals surface area contributed by atoms with E-state index in [1.165, 1.54) is 7.11 Å². The second kappa shape index (κ2) is 19.5. The normalized spacial score (nSPS) is 15.7. The summed E-state index contributed by atoms with van der Waals surface area (Å²) in [6, 6.07) is 0. The van der Waals surface area contributed by atoms with E-state index in [2.05, 4.69) is 144 Å². The topological polar surface area (TPSA) is 54.0 Å². The van der Waals surface area contributed by atoms with Gasteiger partial charge in [0, 0.05) is 12.8 Å². The highest BCUT2D eigenvalue weighted by Gasteiger charge is 2.40. The van der Waals surface area contributed by atoms with Crippen molar-refractivity contribution in [3.05, 3.63) is 36.5 Å². The number of hydrogen-bond acceptors (Lipinski definition) is 5. The molecule has 0 saturated heterocycles. The molecule has 0 radical (unpaired) electrons. The number of esters is 1. The number of carbonyl (C=O) groups is 1. The van der Waals surface area contributed by atoms with Gasteiger partial charge in [0.1, 0.15) is 6.10 Å². The monoisotopic (exact) mass is 702 g/mol. The molecule has 0 saturated carbocycles. The van der Waals surface area contributed by atoms with E-state index in [1.807, 2.05) is 24.3 Å². The molecule has 0 aromatic carbocycles. The molecule has 1 unspecified atom stereocenters. The lowest BCUT2D eigenvalue weighted by molar-refractivity contribution is -0.140. The van der Waals surface area contributed by atoms with E-state index in [0.29, 0.717) is 25.7 Å². The molecule has 0 aliphatic carbocycles. The van der Waals surface area contributed by atoms with Gasteiger partial charge in [-0.25, -0.2) is 0 Å². The lowest BCUT2D eigenvalue weighted by atomic mass is 10.1. The zero-order valence-corrected chi connectivity index (χ0v) is 36.3. The van der Waals surface area contributed by atoms with Crippen molar-refractivity contribution in [3.63, 3.8) is 0 Å². The molecular formula is C39H70O5Si3. The molecule has 3 atom stereocenters. The molecule has 8 heteroatoms. The summed E-state index contributed by atoms with van der Waals surface area (Å²) in [7, 11) is -4.45. The van der Waals surface area contributed by atoms with Gasteiger partial charge in [-0.1, -0.05) is 111 Å². The van der Waals surface area contributed by atoms with Gasteiger partial charge in [-0.15, -0.1) is 0 Å². The Hall–Kier alpha value is -1.66. The van der Waals surface area contributed by atoms with Gasteiger partial charge >= 0.3 is 5.97 Å². The first-order chi connectivity index (χ1) is 21.3. The van der Waals surface area contributed by atoms with Crippen molar-refractivity contribution >= 4 is 30.9 Å². The largest absolute Gasteiger partial charge is 0.469 e. The highest BCUT2D eigenvalue weighted by molar-refractivity contribution is 6.75. The molecule has 0 amide bonds. The summed E-state index contributed by atoms with van der Waals surface area (Å²) in [6.07, 6.45) is 14.9. The smallest absolute Gasteiger partial charge is 0.305 e. The average molecular weight is 703 g/mol. The fraction of sp³-hybridized carbons (Fsp3) is 0.718. The van der Waals surface area contributed by atoms with Crippen molar-refractivity contribution in [2.45, 2.75) is 174 Å². The summed E-state index contributed by atoms with van der Waals surface area (Å²) in [5.41, 5.74) is 0. The van der Waals surface area contributed by atoms with E-state index < -0.39 is 25.0 Å². The fourth-order valence-corrected chi connectivity index (χ4v) is 7.42. The van der Waals surface area contributed by atoms with Crippen molar-refractivity contribution in [3.8, 4) is 23.7 Å². The Kier molecular flexibility index (Phi) is 18.8. The van der Waals surface area contributed by atoms with Gasteiger partial charge in [0.15, 0.2) is 25.0 Å². The third kappa shape index (κ3) is 17.5. The highest BCUT2D eigenvalue weighted by atomic mass is 28.4. The van der Waals surface area contributed by atoms with Crippen molar-refractivity contribution in [1.82, 2.24) is 0 Å². The van der Waals surface area contributed by atoms with E-state index in [-0.39, 0.29) is 39.4 Å². The fourth-order valence-electron chi connectivity index (χ4n) is 3.55. The lowest BCUT2D eigenvalue weighted by Gasteiger charge is -2.38. The molecule has 0 N–H and O–H groups in total. The first-order valence-electron chi connectivity index (χ1n) is 17.4. The van der Waals surface area contributed by atoms with Crippen LogP contribution in [0.4, 0.5) is 0 Å². The molecule has 0 spiro atoms. The molecule has 5 nitrogen and oxygen atoms in total. The maximum atomic E-state index is 11.6. The van der Waals surface area contributed by atoms with Crippen molar-refractivity contribution < 1.29 is 22.8 Å². The SMILES string of the molecule is CC[C@H](/C=C/C#CCC(/C=C/C=C/C#C[C@H](CCCC(=O)OC)O[Si](C)(C)C(C)(C)C)O[Si](C)(C)C(C)(C)C)O[Si](C)(C)C(C)(C)C. The molecule has 0 rings (SSSR count). The number of allylic oxidation sites excluding steroid dienone is 4. The van der Waals surface area contributed by atoms with Gasteiger partial charge in [-0.2, -0.15) is 0 Å². The highest BCUT2D eigenvalue weighted by Crippen LogP contribution is 2.39. The molecular weight excluding hydrogens is 633 g/mol. The van der Waals surface area contributed by atoms with Gasteiger partial charge in [0.05, 0.1) is 19.3 Å². The van der Waals surface area contributed by atoms with Gasteiger partial charge in [-0.05, 0) is 91.9 Å². The Morgan fingerprint density at radius 1 is 0.702 bits per heavy atom. The summed E-state index contributed by atoms with van der Waals surface area (Å²) >= 11 is 0. The third-order valence-corrected chi connectivity index (χ3v) is 23.4. The Morgan fingerprint density at radius 2 is 1.21 bits per heavy atom. The van der Waals surface area contributed by atoms with Crippen LogP contribution in [0.15, 0.2) is 36.5 Å². The molecule has 0 aliphatic rings. The van der Waals surface area contributed by atoms with Gasteiger partial charge in [0.25, 0.3) is 0 Å². The van der Waals surface area contributed by atoms with Crippen LogP contribution in [0.3, 0.4) is 0 Å². The molecule has 0 aliphatic heterocycles. The van der Waals surface area contributed by atoms with Crippen LogP contribution in [0.25, 0.3) is 0 Å². The maximum Gasteiger partial charge on any atom is 0.305 e. The standard InChI is InChI=1S/C39H70O5Si3/c1-18-33(42-45(12,13)37(2,3)4)27-24-21-25-30-34(43-46(14,15)38(5,6)7)28-22-19-20-23-29-35(31-26-32-36(40)41-11)44-47(16,17)39(8,9)10/h19-20,22,24,27-28,33-35H,18,26,30-32H2,1-17H3/b20-19+,27-24+,28-22+/t33-,34?,35-/m1/s1. The Morgan fingerprint density at radius 3 is 1.70 bits per heavy atom. The minimum absolute atomic E-state index is 0.0713. The summed E-state index contributed by atoms with van der Waals surface area (Å²) < 4.78 is 24.7. The number of hydrogen-bond donors (Lipinski definition) is 0. The second-order valence-corrected chi connectivity index (χ2v) is 31.3. The summed E-state index contributed by atoms with van der Waals surface area (Å²) in [5.74, 6) is 12.8. The Labute approximate surface area is 294 Å². The minimum atomic E-state index is -2.02. The number of ether oxygens (including phenoxy) is 1. The van der Waals surface area contributed by atoms with Crippen molar-refractivity contribution in [1.29, 1.82) is 0 Å². The van der Waals surface area contributed by atoms with Crippen LogP contribution in [0.2, 0.25) is 54.4 Å². The molecule has 0 heterocycles. The van der Waals surface area contributed by atoms with Gasteiger partial charge in [-0.3, -0.25) is 4.79 Å². The van der Waals surface area contributed by atoms with Gasteiger partial charge in [0.2, 0.25) is 0 Å². The summed E-state index contributed by atoms with van der Waals surface area (Å²) in [6.45, 7) is 36.0. The average Bonchev–Trinajstić information content (AvgIpc) is 2.91. The second-order valence-electron chi connectivity index (χ2n) is 17.0. The van der Waals surface area contributed by atoms with E-state index >= 15 is 0 Å². The maximum absolute atomic E-state index is 11.6. The van der Waals surface area contributed by atoms with Crippen LogP contribution in [0.5, 0.6) is 0 Å². The molecule has 47 heavy (non-hydrogen) atoms. The van der Waals surface area contributed by atoms with Gasteiger partial charge < -0.3 is 18.0 Å². The van der Waals surface area contributed by atoms with Crippen molar-refractivity contribution in [2.75, 3.05) is 7.11 Å². The van der Waals surface area contributed by atoms with Crippen LogP contribution in [0.1, 0.15) is 101 Å². The van der Waals surface area contributed by atoms with E-state index in [0.717, 1.165) is 6.42 Å². The van der Waals surface area contributed by atoms with Crippen LogP contribution in [0, 0.1) is 23.7 Å². The minimum Gasteiger partial charge on any atom is -0.469 e. The summed E-state index contributed by atoms with van der Waals surface area (Å²) in [5, 5.41) is 0.338. The molecule has 0 bridgehead atoms. The summed E-state index contributed by atoms with van der Waals surface area (Å²) in [4.78, 5) is 11.6. The molecule has 268 valence electrons. The Balaban J connectivity index is 5.81. The van der Waals surface area contributed by atoms with Crippen molar-refractivity contribution in [2.24, 2.45) is 0 Å². The Bertz CT molecular complexity index is 1170. The van der Waals surface area contributed by atoms with Crippen LogP contribution in [-0.2, 0) is 22.8 Å². The first-order valence-corrected chi connectivity index (χ1v) is 26.1. The predicted octanol–water partition coefficient (Wildman–Crippen LogP) is 11.0. The van der Waals surface area contributed by atoms with Crippen LogP contribution in [-0.4, -0.2) is 56.3 Å². The zero-order chi connectivity index (χ0) is 36.7. The quantitative estimate of drug-likeness (QED) is 0.0736. The van der Waals surface area contributed by atoms with E-state index in [9.17, 15) is 4.79 Å². The number of methoxy groups -OCH3 is 1. The number of rotatable bonds is 15. The van der Waals surface area contributed by atoms with E-state index in [4.69, 9.17) is 18.0 Å². The number of carbonyl (C=O) groups excluding carboxylic acids is 1. The van der Waals surface area contributed by atoms with Crippen LogP contribution >= 0.6 is 0 Å². The predicted molar refractivity (Wildman–Crippen MR) is 210 cm³/mol. The molecule has 0 aromatic heterocycles. The van der Waals surface area contributed by atoms with Crippen LogP contribution < -0.4 is 0 Å². The zero-order valence-electron chi connectivity index (χ0n) is 33.3. The third-order valence-electron chi connectivity index (χ3n) is 9.88.